The molecule has 3 rings (SSSR count). The highest BCUT2D eigenvalue weighted by Gasteiger charge is 2.23. The number of nitrogens with zero attached hydrogens (tertiary/aromatic N) is 2. The molecule has 1 heterocycles. The number of rotatable bonds is 7. The summed E-state index contributed by atoms with van der Waals surface area (Å²) >= 11 is 0. The Hall–Kier alpha value is -3.13. The van der Waals surface area contributed by atoms with Gasteiger partial charge in [0.15, 0.2) is 0 Å². The first kappa shape index (κ1) is 22.6. The molecule has 2 aromatic rings. The van der Waals surface area contributed by atoms with E-state index in [-0.39, 0.29) is 23.8 Å². The predicted octanol–water partition coefficient (Wildman–Crippen LogP) is 3.78. The number of ether oxygens (including phenoxy) is 1. The highest BCUT2D eigenvalue weighted by atomic mass is 19.1. The van der Waals surface area contributed by atoms with Gasteiger partial charge in [0.2, 0.25) is 5.91 Å². The van der Waals surface area contributed by atoms with E-state index in [1.165, 1.54) is 12.1 Å². The normalized spacial score (nSPS) is 15.0. The average Bonchev–Trinajstić information content (AvgIpc) is 2.75. The van der Waals surface area contributed by atoms with Gasteiger partial charge in [0.05, 0.1) is 18.8 Å². The van der Waals surface area contributed by atoms with Crippen LogP contribution in [0.4, 0.5) is 20.6 Å². The van der Waals surface area contributed by atoms with Crippen LogP contribution < -0.4 is 20.3 Å². The van der Waals surface area contributed by atoms with Crippen molar-refractivity contribution in [1.29, 1.82) is 0 Å². The second kappa shape index (κ2) is 10.3. The molecule has 1 saturated heterocycles. The van der Waals surface area contributed by atoms with E-state index in [1.807, 2.05) is 19.0 Å². The quantitative estimate of drug-likeness (QED) is 0.704. The Morgan fingerprint density at radius 1 is 1.19 bits per heavy atom. The second-order valence-electron chi connectivity index (χ2n) is 7.76. The molecule has 0 radical (unpaired) electrons. The Kier molecular flexibility index (Phi) is 7.46. The van der Waals surface area contributed by atoms with Crippen LogP contribution in [0, 0.1) is 5.82 Å². The number of hydrogen-bond donors (Lipinski definition) is 2. The van der Waals surface area contributed by atoms with Gasteiger partial charge in [-0.1, -0.05) is 12.1 Å². The number of halogens is 1. The lowest BCUT2D eigenvalue weighted by molar-refractivity contribution is -0.119. The van der Waals surface area contributed by atoms with Crippen molar-refractivity contribution in [2.45, 2.75) is 25.3 Å². The van der Waals surface area contributed by atoms with Gasteiger partial charge in [-0.2, -0.15) is 0 Å². The Morgan fingerprint density at radius 2 is 1.94 bits per heavy atom. The van der Waals surface area contributed by atoms with Crippen molar-refractivity contribution in [1.82, 2.24) is 10.2 Å². The molecule has 1 atom stereocenters. The molecule has 2 aromatic carbocycles. The van der Waals surface area contributed by atoms with Crippen LogP contribution in [-0.2, 0) is 4.79 Å². The zero-order valence-electron chi connectivity index (χ0n) is 18.2. The van der Waals surface area contributed by atoms with E-state index in [0.29, 0.717) is 36.6 Å². The maximum atomic E-state index is 13.2. The van der Waals surface area contributed by atoms with Crippen LogP contribution in [-0.4, -0.2) is 51.1 Å². The molecule has 166 valence electrons. The first-order chi connectivity index (χ1) is 14.9. The summed E-state index contributed by atoms with van der Waals surface area (Å²) in [4.78, 5) is 28.5. The molecular weight excluding hydrogens is 399 g/mol. The first-order valence-corrected chi connectivity index (χ1v) is 10.3. The number of nitrogens with one attached hydrogen (secondary N) is 2. The summed E-state index contributed by atoms with van der Waals surface area (Å²) in [5.74, 6) is 0.346. The van der Waals surface area contributed by atoms with Gasteiger partial charge >= 0.3 is 6.03 Å². The van der Waals surface area contributed by atoms with Crippen molar-refractivity contribution in [3.05, 3.63) is 53.8 Å². The largest absolute Gasteiger partial charge is 0.495 e. The van der Waals surface area contributed by atoms with Gasteiger partial charge in [-0.15, -0.1) is 0 Å². The summed E-state index contributed by atoms with van der Waals surface area (Å²) in [6.07, 6.45) is 2.33. The summed E-state index contributed by atoms with van der Waals surface area (Å²) in [5.41, 5.74) is 2.12. The number of benzene rings is 2. The van der Waals surface area contributed by atoms with Crippen LogP contribution in [0.1, 0.15) is 30.9 Å². The average molecular weight is 429 g/mol. The fourth-order valence-corrected chi connectivity index (χ4v) is 3.69. The lowest BCUT2D eigenvalue weighted by Crippen LogP contribution is -2.37. The maximum Gasteiger partial charge on any atom is 0.319 e. The standard InChI is InChI=1S/C23H29FN4O3/c1-27(2)20(16-7-9-17(24)10-8-16)15-25-23(30)26-18-11-12-21(31-3)19(14-18)28-13-5-4-6-22(28)29/h7-12,14,20H,4-6,13,15H2,1-3H3,(H2,25,26,30). The molecule has 7 nitrogen and oxygen atoms in total. The van der Waals surface area contributed by atoms with Crippen molar-refractivity contribution < 1.29 is 18.7 Å². The zero-order valence-corrected chi connectivity index (χ0v) is 18.2. The van der Waals surface area contributed by atoms with E-state index >= 15 is 0 Å². The van der Waals surface area contributed by atoms with E-state index < -0.39 is 0 Å². The molecule has 0 bridgehead atoms. The summed E-state index contributed by atoms with van der Waals surface area (Å²) in [6.45, 7) is 0.977. The number of likely N-dealkylation sites (N-methyl/N-ethyl adjacent to an activating group) is 1. The van der Waals surface area contributed by atoms with Gasteiger partial charge in [0.1, 0.15) is 11.6 Å². The SMILES string of the molecule is COc1ccc(NC(=O)NCC(c2ccc(F)cc2)N(C)C)cc1N1CCCCC1=O. The van der Waals surface area contributed by atoms with Crippen molar-refractivity contribution >= 4 is 23.3 Å². The number of piperidine rings is 1. The molecule has 1 unspecified atom stereocenters. The molecular formula is C23H29FN4O3. The fraction of sp³-hybridized carbons (Fsp3) is 0.391. The van der Waals surface area contributed by atoms with E-state index in [9.17, 15) is 14.0 Å². The molecule has 8 heteroatoms. The van der Waals surface area contributed by atoms with Crippen LogP contribution >= 0.6 is 0 Å². The molecule has 0 aliphatic carbocycles. The van der Waals surface area contributed by atoms with E-state index in [1.54, 1.807) is 42.3 Å². The molecule has 1 aliphatic rings. The molecule has 1 aliphatic heterocycles. The molecule has 0 aromatic heterocycles. The minimum atomic E-state index is -0.366. The highest BCUT2D eigenvalue weighted by Crippen LogP contribution is 2.33. The minimum absolute atomic E-state index is 0.0549. The Bertz CT molecular complexity index is 918. The summed E-state index contributed by atoms with van der Waals surface area (Å²) in [6, 6.07) is 11.0. The topological polar surface area (TPSA) is 73.9 Å². The van der Waals surface area contributed by atoms with Gasteiger partial charge in [-0.05, 0) is 62.8 Å². The summed E-state index contributed by atoms with van der Waals surface area (Å²) < 4.78 is 18.6. The summed E-state index contributed by atoms with van der Waals surface area (Å²) in [5, 5.41) is 5.69. The number of carbonyl (C=O) groups is 2. The molecule has 1 fully saturated rings. The Labute approximate surface area is 182 Å². The van der Waals surface area contributed by atoms with Gasteiger partial charge in [-0.3, -0.25) is 4.79 Å². The fourth-order valence-electron chi connectivity index (χ4n) is 3.69. The number of urea groups is 1. The van der Waals surface area contributed by atoms with Gasteiger partial charge in [0, 0.05) is 25.2 Å². The molecule has 0 spiro atoms. The first-order valence-electron chi connectivity index (χ1n) is 10.3. The third kappa shape index (κ3) is 5.73. The van der Waals surface area contributed by atoms with Crippen molar-refractivity contribution in [3.63, 3.8) is 0 Å². The van der Waals surface area contributed by atoms with Crippen molar-refractivity contribution in [2.75, 3.05) is 44.5 Å². The van der Waals surface area contributed by atoms with Gasteiger partial charge in [-0.25, -0.2) is 9.18 Å². The lowest BCUT2D eigenvalue weighted by atomic mass is 10.1. The van der Waals surface area contributed by atoms with Gasteiger partial charge in [0.25, 0.3) is 0 Å². The summed E-state index contributed by atoms with van der Waals surface area (Å²) in [7, 11) is 5.36. The van der Waals surface area contributed by atoms with Crippen molar-refractivity contribution in [2.24, 2.45) is 0 Å². The zero-order chi connectivity index (χ0) is 22.4. The van der Waals surface area contributed by atoms with E-state index in [2.05, 4.69) is 10.6 Å². The Morgan fingerprint density at radius 3 is 2.58 bits per heavy atom. The highest BCUT2D eigenvalue weighted by molar-refractivity contribution is 5.97. The predicted molar refractivity (Wildman–Crippen MR) is 119 cm³/mol. The van der Waals surface area contributed by atoms with Crippen LogP contribution in [0.25, 0.3) is 0 Å². The molecule has 0 saturated carbocycles. The lowest BCUT2D eigenvalue weighted by Gasteiger charge is -2.28. The minimum Gasteiger partial charge on any atom is -0.495 e. The van der Waals surface area contributed by atoms with Crippen LogP contribution in [0.2, 0.25) is 0 Å². The van der Waals surface area contributed by atoms with E-state index in [0.717, 1.165) is 18.4 Å². The molecule has 3 amide bonds. The monoisotopic (exact) mass is 428 g/mol. The number of anilines is 2. The van der Waals surface area contributed by atoms with Crippen molar-refractivity contribution in [3.8, 4) is 5.75 Å². The van der Waals surface area contributed by atoms with E-state index in [4.69, 9.17) is 4.74 Å². The van der Waals surface area contributed by atoms with Crippen LogP contribution in [0.5, 0.6) is 5.75 Å². The van der Waals surface area contributed by atoms with Crippen LogP contribution in [0.15, 0.2) is 42.5 Å². The second-order valence-corrected chi connectivity index (χ2v) is 7.76. The number of methoxy groups -OCH3 is 1. The Balaban J connectivity index is 1.67. The number of amides is 3. The smallest absolute Gasteiger partial charge is 0.319 e. The van der Waals surface area contributed by atoms with Crippen LogP contribution in [0.3, 0.4) is 0 Å². The maximum absolute atomic E-state index is 13.2. The third-order valence-corrected chi connectivity index (χ3v) is 5.39. The van der Waals surface area contributed by atoms with Gasteiger partial charge < -0.3 is 25.2 Å². The third-order valence-electron chi connectivity index (χ3n) is 5.39. The molecule has 2 N–H and O–H groups in total. The number of hydrogen-bond acceptors (Lipinski definition) is 4. The molecule has 31 heavy (non-hydrogen) atoms. The number of carbonyl (C=O) groups excluding carboxylic acids is 2.